The van der Waals surface area contributed by atoms with E-state index in [0.29, 0.717) is 11.4 Å². The topological polar surface area (TPSA) is 48.1 Å². The maximum atomic E-state index is 16.0. The minimum absolute atomic E-state index is 0. The quantitative estimate of drug-likeness (QED) is 0.161. The third-order valence-electron chi connectivity index (χ3n) is 11.6. The third kappa shape index (κ3) is 5.75. The molecule has 0 bridgehead atoms. The fraction of sp³-hybridized carbons (Fsp3) is 0.0769. The van der Waals surface area contributed by atoms with Gasteiger partial charge < -0.3 is 9.88 Å². The predicted molar refractivity (Wildman–Crippen MR) is 234 cm³/mol. The third-order valence-corrected chi connectivity index (χ3v) is 11.6. The molecule has 0 unspecified atom stereocenters. The zero-order valence-corrected chi connectivity index (χ0v) is 35.1. The number of nitrogens with zero attached hydrogens (tertiary/aromatic N) is 5. The number of hydrogen-bond acceptors (Lipinski definition) is 3. The summed E-state index contributed by atoms with van der Waals surface area (Å²) < 4.78 is 34.2. The van der Waals surface area contributed by atoms with E-state index in [9.17, 15) is 0 Å². The second-order valence-corrected chi connectivity index (χ2v) is 15.4. The molecule has 0 atom stereocenters. The summed E-state index contributed by atoms with van der Waals surface area (Å²) in [5, 5.41) is 2.17. The molecular formula is C52H35F2N5Pt. The molecule has 292 valence electrons. The molecule has 1 aliphatic rings. The van der Waals surface area contributed by atoms with Gasteiger partial charge in [-0.15, -0.1) is 40.9 Å². The van der Waals surface area contributed by atoms with Gasteiger partial charge in [0.05, 0.1) is 22.3 Å². The normalized spacial score (nSPS) is 13.1. The second-order valence-electron chi connectivity index (χ2n) is 15.4. The van der Waals surface area contributed by atoms with Crippen molar-refractivity contribution >= 4 is 50.0 Å². The van der Waals surface area contributed by atoms with Gasteiger partial charge in [-0.2, -0.15) is 8.78 Å². The maximum Gasteiger partial charge on any atom is 2.00 e. The molecule has 11 rings (SSSR count). The number of imidazole rings is 1. The van der Waals surface area contributed by atoms with Crippen LogP contribution in [0.3, 0.4) is 0 Å². The van der Waals surface area contributed by atoms with Gasteiger partial charge in [0.15, 0.2) is 0 Å². The number of fused-ring (bicyclic) bond motifs is 6. The van der Waals surface area contributed by atoms with Crippen molar-refractivity contribution in [3.8, 4) is 39.3 Å². The largest absolute Gasteiger partial charge is 2.00 e. The van der Waals surface area contributed by atoms with E-state index in [1.54, 1.807) is 35.4 Å². The number of alkyl halides is 2. The smallest absolute Gasteiger partial charge is 0.656 e. The van der Waals surface area contributed by atoms with Crippen LogP contribution in [0.2, 0.25) is 0 Å². The Balaban J connectivity index is 0.00000433. The molecule has 0 N–H and O–H groups in total. The Morgan fingerprint density at radius 3 is 2.25 bits per heavy atom. The summed E-state index contributed by atoms with van der Waals surface area (Å²) in [6, 6.07) is 52.9. The van der Waals surface area contributed by atoms with E-state index in [4.69, 9.17) is 9.97 Å². The Morgan fingerprint density at radius 2 is 1.38 bits per heavy atom. The van der Waals surface area contributed by atoms with Crippen LogP contribution in [0, 0.1) is 26.8 Å². The molecule has 4 heterocycles. The Morgan fingerprint density at radius 1 is 0.667 bits per heavy atom. The van der Waals surface area contributed by atoms with Crippen molar-refractivity contribution in [2.24, 2.45) is 0 Å². The van der Waals surface area contributed by atoms with E-state index in [1.165, 1.54) is 34.4 Å². The molecule has 0 saturated carbocycles. The molecule has 1 aliphatic heterocycles. The number of anilines is 3. The van der Waals surface area contributed by atoms with Crippen LogP contribution in [0.15, 0.2) is 158 Å². The molecular weight excluding hydrogens is 928 g/mol. The van der Waals surface area contributed by atoms with Gasteiger partial charge in [0.1, 0.15) is 11.6 Å². The molecule has 0 aliphatic carbocycles. The summed E-state index contributed by atoms with van der Waals surface area (Å²) in [6.07, 6.45) is 1.55. The van der Waals surface area contributed by atoms with Crippen LogP contribution in [0.1, 0.15) is 27.8 Å². The first-order chi connectivity index (χ1) is 28.8. The summed E-state index contributed by atoms with van der Waals surface area (Å²) in [5.41, 5.74) is 13.8. The second kappa shape index (κ2) is 14.2. The van der Waals surface area contributed by atoms with Gasteiger partial charge in [0, 0.05) is 23.0 Å². The molecule has 0 radical (unpaired) electrons. The number of halogens is 2. The van der Waals surface area contributed by atoms with Crippen LogP contribution in [0.25, 0.3) is 72.2 Å². The number of benzene rings is 7. The van der Waals surface area contributed by atoms with Crippen LogP contribution in [-0.4, -0.2) is 14.5 Å². The Labute approximate surface area is 360 Å². The summed E-state index contributed by atoms with van der Waals surface area (Å²) >= 11 is 0. The molecule has 60 heavy (non-hydrogen) atoms. The Hall–Kier alpha value is -6.69. The zero-order valence-electron chi connectivity index (χ0n) is 32.8. The fourth-order valence-corrected chi connectivity index (χ4v) is 9.18. The maximum absolute atomic E-state index is 16.0. The number of para-hydroxylation sites is 4. The van der Waals surface area contributed by atoms with Crippen LogP contribution >= 0.6 is 0 Å². The van der Waals surface area contributed by atoms with Gasteiger partial charge >= 0.3 is 27.0 Å². The van der Waals surface area contributed by atoms with Crippen molar-refractivity contribution in [3.63, 3.8) is 0 Å². The van der Waals surface area contributed by atoms with Gasteiger partial charge in [0.2, 0.25) is 0 Å². The van der Waals surface area contributed by atoms with Crippen LogP contribution in [0.5, 0.6) is 0 Å². The van der Waals surface area contributed by atoms with Gasteiger partial charge in [-0.1, -0.05) is 108 Å². The van der Waals surface area contributed by atoms with E-state index in [-0.39, 0.29) is 38.0 Å². The van der Waals surface area contributed by atoms with Gasteiger partial charge in [-0.3, -0.25) is 4.57 Å². The zero-order chi connectivity index (χ0) is 40.0. The standard InChI is InChI=1S/C52H35F2N5.Pt/c1-31-27-32(2)47(33(3)28-31)35-14-9-16-37(30-35)59-46-25-11-18-38(49(46)57-50(59)41-20-10-19-40-39-17-4-6-23-44(39)56-48(40)41)34-13-8-15-36(29-34)58-45-24-7-5-21-42(45)52(53,54)43-22-12-26-55-51(43)58;/h4-28,30H,1-3H3;/q-2;+2. The molecule has 0 spiro atoms. The van der Waals surface area contributed by atoms with Crippen LogP contribution in [-0.2, 0) is 27.0 Å². The van der Waals surface area contributed by atoms with Gasteiger partial charge in [-0.05, 0) is 95.9 Å². The molecule has 0 amide bonds. The predicted octanol–water partition coefficient (Wildman–Crippen LogP) is 13.3. The van der Waals surface area contributed by atoms with E-state index in [0.717, 1.165) is 66.6 Å². The molecule has 0 saturated heterocycles. The summed E-state index contributed by atoms with van der Waals surface area (Å²) in [4.78, 5) is 17.0. The van der Waals surface area contributed by atoms with Crippen molar-refractivity contribution in [1.29, 1.82) is 0 Å². The first kappa shape index (κ1) is 37.6. The van der Waals surface area contributed by atoms with Crippen LogP contribution < -0.4 is 9.88 Å². The monoisotopic (exact) mass is 962 g/mol. The van der Waals surface area contributed by atoms with Crippen molar-refractivity contribution in [1.82, 2.24) is 19.5 Å². The van der Waals surface area contributed by atoms with E-state index in [1.807, 2.05) is 36.4 Å². The number of hydrogen-bond donors (Lipinski definition) is 0. The number of aryl methyl sites for hydroxylation is 3. The van der Waals surface area contributed by atoms with Gasteiger partial charge in [0.25, 0.3) is 0 Å². The van der Waals surface area contributed by atoms with Crippen LogP contribution in [0.4, 0.5) is 26.0 Å². The van der Waals surface area contributed by atoms with Gasteiger partial charge in [-0.25, -0.2) is 9.97 Å². The minimum atomic E-state index is -3.21. The van der Waals surface area contributed by atoms with Crippen molar-refractivity contribution in [3.05, 3.63) is 192 Å². The average molecular weight is 963 g/mol. The molecule has 5 nitrogen and oxygen atoms in total. The number of rotatable bonds is 5. The average Bonchev–Trinajstić information content (AvgIpc) is 3.83. The molecule has 3 aromatic heterocycles. The molecule has 7 aromatic carbocycles. The Kier molecular flexibility index (Phi) is 8.92. The molecule has 10 aromatic rings. The number of pyridine rings is 1. The summed E-state index contributed by atoms with van der Waals surface area (Å²) in [5.74, 6) is -2.27. The van der Waals surface area contributed by atoms with E-state index >= 15 is 8.78 Å². The van der Waals surface area contributed by atoms with E-state index in [2.05, 4.69) is 115 Å². The Bertz CT molecular complexity index is 3250. The first-order valence-corrected chi connectivity index (χ1v) is 19.7. The van der Waals surface area contributed by atoms with Crippen molar-refractivity contribution < 1.29 is 29.8 Å². The molecule has 0 fully saturated rings. The van der Waals surface area contributed by atoms with Crippen molar-refractivity contribution in [2.45, 2.75) is 26.7 Å². The SMILES string of the molecule is Cc1cc(C)c(-c2cccc(-n3c(-c4cccc5c4[n-]c4ccccc45)nc4c(-c5[c-]c(N6c7ccccc7C(F)(F)c7cccnc76)ccc5)cccc43)c2)c(C)c1.[Pt+2]. The first-order valence-electron chi connectivity index (χ1n) is 19.7. The number of aromatic nitrogens is 4. The van der Waals surface area contributed by atoms with E-state index < -0.39 is 5.92 Å². The summed E-state index contributed by atoms with van der Waals surface area (Å²) in [6.45, 7) is 6.48. The summed E-state index contributed by atoms with van der Waals surface area (Å²) in [7, 11) is 0. The minimum Gasteiger partial charge on any atom is -0.656 e. The fourth-order valence-electron chi connectivity index (χ4n) is 9.18. The van der Waals surface area contributed by atoms with Crippen molar-refractivity contribution in [2.75, 3.05) is 4.90 Å². The molecule has 8 heteroatoms.